The summed E-state index contributed by atoms with van der Waals surface area (Å²) in [5.74, 6) is -2.69. The topological polar surface area (TPSA) is 114 Å². The molecule has 1 aliphatic rings. The van der Waals surface area contributed by atoms with Crippen molar-refractivity contribution in [3.8, 4) is 11.1 Å². The summed E-state index contributed by atoms with van der Waals surface area (Å²) in [6.07, 6.45) is -5.02. The van der Waals surface area contributed by atoms with Crippen molar-refractivity contribution >= 4 is 18.0 Å². The monoisotopic (exact) mass is 490 g/mol. The number of hydrogen-bond acceptors (Lipinski definition) is 5. The summed E-state index contributed by atoms with van der Waals surface area (Å²) < 4.78 is 37.1. The molecule has 2 amide bonds. The van der Waals surface area contributed by atoms with E-state index in [1.807, 2.05) is 53.8 Å². The number of methoxy groups -OCH3 is 1. The lowest BCUT2D eigenvalue weighted by Gasteiger charge is -2.33. The zero-order valence-electron chi connectivity index (χ0n) is 19.4. The average molecular weight is 491 g/mol. The van der Waals surface area contributed by atoms with Crippen molar-refractivity contribution < 1.29 is 37.7 Å². The van der Waals surface area contributed by atoms with Crippen molar-refractivity contribution in [2.45, 2.75) is 43.7 Å². The van der Waals surface area contributed by atoms with Crippen LogP contribution in [0, 0.1) is 0 Å². The highest BCUT2D eigenvalue weighted by Crippen LogP contribution is 2.44. The highest BCUT2D eigenvalue weighted by atomic mass is 19.3. The maximum absolute atomic E-state index is 13.3. The summed E-state index contributed by atoms with van der Waals surface area (Å²) in [6.45, 7) is 1.23. The van der Waals surface area contributed by atoms with Crippen LogP contribution in [-0.4, -0.2) is 61.4 Å². The molecule has 0 saturated carbocycles. The van der Waals surface area contributed by atoms with E-state index in [1.165, 1.54) is 7.11 Å². The van der Waals surface area contributed by atoms with Gasteiger partial charge in [-0.05, 0) is 28.7 Å². The van der Waals surface area contributed by atoms with Crippen LogP contribution in [0.25, 0.3) is 11.1 Å². The SMILES string of the molecule is CCC(COC)(NC(=O)OCC1c2ccccc2-c2ccccc21)C(=O)NC(CC(=O)O)C(F)F. The lowest BCUT2D eigenvalue weighted by Crippen LogP contribution is -2.63. The Morgan fingerprint density at radius 1 is 1.06 bits per heavy atom. The van der Waals surface area contributed by atoms with E-state index in [9.17, 15) is 23.2 Å². The van der Waals surface area contributed by atoms with Gasteiger partial charge >= 0.3 is 12.1 Å². The predicted octanol–water partition coefficient (Wildman–Crippen LogP) is 3.54. The summed E-state index contributed by atoms with van der Waals surface area (Å²) >= 11 is 0. The lowest BCUT2D eigenvalue weighted by molar-refractivity contribution is -0.139. The molecule has 188 valence electrons. The molecule has 1 aliphatic carbocycles. The number of halogens is 2. The van der Waals surface area contributed by atoms with Crippen LogP contribution in [0.5, 0.6) is 0 Å². The summed E-state index contributed by atoms with van der Waals surface area (Å²) in [6, 6.07) is 13.7. The Hall–Kier alpha value is -3.53. The number of carbonyl (C=O) groups excluding carboxylic acids is 2. The fourth-order valence-electron chi connectivity index (χ4n) is 4.28. The maximum atomic E-state index is 13.3. The van der Waals surface area contributed by atoms with Crippen molar-refractivity contribution in [1.29, 1.82) is 0 Å². The first-order chi connectivity index (χ1) is 16.7. The smallest absolute Gasteiger partial charge is 0.408 e. The van der Waals surface area contributed by atoms with E-state index in [1.54, 1.807) is 6.92 Å². The van der Waals surface area contributed by atoms with Crippen LogP contribution < -0.4 is 10.6 Å². The molecule has 0 saturated heterocycles. The summed E-state index contributed by atoms with van der Waals surface area (Å²) in [7, 11) is 1.29. The van der Waals surface area contributed by atoms with E-state index < -0.39 is 42.4 Å². The van der Waals surface area contributed by atoms with Gasteiger partial charge in [-0.3, -0.25) is 9.59 Å². The van der Waals surface area contributed by atoms with Gasteiger partial charge in [0.2, 0.25) is 5.91 Å². The van der Waals surface area contributed by atoms with Gasteiger partial charge in [0.15, 0.2) is 0 Å². The number of alkyl halides is 2. The number of carbonyl (C=O) groups is 3. The number of carboxylic acids is 1. The minimum Gasteiger partial charge on any atom is -0.481 e. The molecule has 3 rings (SSSR count). The van der Waals surface area contributed by atoms with Crippen LogP contribution in [0.15, 0.2) is 48.5 Å². The number of aliphatic carboxylic acids is 1. The van der Waals surface area contributed by atoms with E-state index >= 15 is 0 Å². The Bertz CT molecular complexity index is 1030. The molecule has 0 aromatic heterocycles. The standard InChI is InChI=1S/C25H28F2N2O6/c1-3-25(14-34-2,23(32)28-20(22(26)27)12-21(30)31)29-24(33)35-13-19-17-10-6-4-8-15(17)16-9-5-7-11-18(16)19/h4-11,19-20,22H,3,12-14H2,1-2H3,(H,28,32)(H,29,33)(H,30,31). The van der Waals surface area contributed by atoms with Gasteiger partial charge in [-0.2, -0.15) is 0 Å². The molecule has 3 N–H and O–H groups in total. The first kappa shape index (κ1) is 26.1. The van der Waals surface area contributed by atoms with Crippen LogP contribution in [0.3, 0.4) is 0 Å². The molecule has 0 aliphatic heterocycles. The molecule has 2 aromatic rings. The Balaban J connectivity index is 1.73. The molecule has 0 fully saturated rings. The maximum Gasteiger partial charge on any atom is 0.408 e. The van der Waals surface area contributed by atoms with Gasteiger partial charge in [-0.25, -0.2) is 13.6 Å². The molecule has 0 heterocycles. The minimum atomic E-state index is -3.11. The predicted molar refractivity (Wildman–Crippen MR) is 123 cm³/mol. The number of rotatable bonds is 11. The minimum absolute atomic E-state index is 0.00702. The quantitative estimate of drug-likeness (QED) is 0.444. The largest absolute Gasteiger partial charge is 0.481 e. The highest BCUT2D eigenvalue weighted by Gasteiger charge is 2.42. The molecule has 0 bridgehead atoms. The van der Waals surface area contributed by atoms with E-state index in [2.05, 4.69) is 5.32 Å². The molecule has 2 atom stereocenters. The third-order valence-electron chi connectivity index (χ3n) is 6.13. The molecule has 2 unspecified atom stereocenters. The van der Waals surface area contributed by atoms with Crippen LogP contribution in [0.2, 0.25) is 0 Å². The molecular weight excluding hydrogens is 462 g/mol. The Labute approximate surface area is 201 Å². The molecule has 2 aromatic carbocycles. The normalized spacial score (nSPS) is 15.0. The van der Waals surface area contributed by atoms with Crippen LogP contribution >= 0.6 is 0 Å². The van der Waals surface area contributed by atoms with E-state index in [4.69, 9.17) is 14.6 Å². The van der Waals surface area contributed by atoms with Gasteiger partial charge in [0, 0.05) is 13.0 Å². The van der Waals surface area contributed by atoms with Crippen LogP contribution in [-0.2, 0) is 19.1 Å². The number of fused-ring (bicyclic) bond motifs is 3. The number of carboxylic acid groups (broad SMARTS) is 1. The molecular formula is C25H28F2N2O6. The molecule has 10 heteroatoms. The summed E-state index contributed by atoms with van der Waals surface area (Å²) in [4.78, 5) is 36.6. The average Bonchev–Trinajstić information content (AvgIpc) is 3.15. The van der Waals surface area contributed by atoms with Gasteiger partial charge in [-0.1, -0.05) is 55.5 Å². The molecule has 0 radical (unpaired) electrons. The van der Waals surface area contributed by atoms with Crippen molar-refractivity contribution in [2.75, 3.05) is 20.3 Å². The number of hydrogen-bond donors (Lipinski definition) is 3. The second-order valence-corrected chi connectivity index (χ2v) is 8.33. The van der Waals surface area contributed by atoms with E-state index in [0.29, 0.717) is 0 Å². The first-order valence-corrected chi connectivity index (χ1v) is 11.2. The Morgan fingerprint density at radius 3 is 2.11 bits per heavy atom. The fraction of sp³-hybridized carbons (Fsp3) is 0.400. The van der Waals surface area contributed by atoms with E-state index in [-0.39, 0.29) is 25.6 Å². The third-order valence-corrected chi connectivity index (χ3v) is 6.13. The summed E-state index contributed by atoms with van der Waals surface area (Å²) in [5, 5.41) is 13.4. The Kier molecular flexibility index (Phi) is 8.39. The van der Waals surface area contributed by atoms with Crippen molar-refractivity contribution in [2.24, 2.45) is 0 Å². The first-order valence-electron chi connectivity index (χ1n) is 11.2. The van der Waals surface area contributed by atoms with Gasteiger partial charge in [0.1, 0.15) is 18.2 Å². The summed E-state index contributed by atoms with van der Waals surface area (Å²) in [5.41, 5.74) is 2.38. The van der Waals surface area contributed by atoms with Crippen molar-refractivity contribution in [3.63, 3.8) is 0 Å². The highest BCUT2D eigenvalue weighted by molar-refractivity contribution is 5.90. The van der Waals surface area contributed by atoms with Crippen molar-refractivity contribution in [1.82, 2.24) is 10.6 Å². The van der Waals surface area contributed by atoms with Crippen molar-refractivity contribution in [3.05, 3.63) is 59.7 Å². The number of benzene rings is 2. The number of alkyl carbamates (subject to hydrolysis) is 1. The Morgan fingerprint density at radius 2 is 1.63 bits per heavy atom. The second kappa shape index (κ2) is 11.3. The van der Waals surface area contributed by atoms with Gasteiger partial charge in [0.05, 0.1) is 13.0 Å². The van der Waals surface area contributed by atoms with Gasteiger partial charge in [0.25, 0.3) is 6.43 Å². The van der Waals surface area contributed by atoms with Crippen LogP contribution in [0.1, 0.15) is 36.8 Å². The molecule has 35 heavy (non-hydrogen) atoms. The lowest BCUT2D eigenvalue weighted by atomic mass is 9.95. The zero-order chi connectivity index (χ0) is 25.6. The molecule has 0 spiro atoms. The van der Waals surface area contributed by atoms with E-state index in [0.717, 1.165) is 22.3 Å². The zero-order valence-corrected chi connectivity index (χ0v) is 19.4. The number of amides is 2. The molecule has 8 nitrogen and oxygen atoms in total. The number of nitrogens with one attached hydrogen (secondary N) is 2. The van der Waals surface area contributed by atoms with Gasteiger partial charge in [-0.15, -0.1) is 0 Å². The number of ether oxygens (including phenoxy) is 2. The van der Waals surface area contributed by atoms with Gasteiger partial charge < -0.3 is 25.2 Å². The third kappa shape index (κ3) is 5.76. The fourth-order valence-corrected chi connectivity index (χ4v) is 4.28. The van der Waals surface area contributed by atoms with Crippen LogP contribution in [0.4, 0.5) is 13.6 Å². The second-order valence-electron chi connectivity index (χ2n) is 8.33.